The molecule has 0 spiro atoms. The summed E-state index contributed by atoms with van der Waals surface area (Å²) in [4.78, 5) is 19.1. The first-order valence-corrected chi connectivity index (χ1v) is 8.91. The number of aryl methyl sites for hydroxylation is 2. The molecule has 3 aromatic rings. The molecule has 130 valence electrons. The molecule has 1 N–H and O–H groups in total. The zero-order valence-electron chi connectivity index (χ0n) is 14.8. The second-order valence-electron chi connectivity index (χ2n) is 6.55. The van der Waals surface area contributed by atoms with E-state index in [0.29, 0.717) is 5.69 Å². The average molecular weight is 343 g/mol. The zero-order chi connectivity index (χ0) is 17.9. The number of anilines is 3. The van der Waals surface area contributed by atoms with Gasteiger partial charge in [-0.15, -0.1) is 0 Å². The molecule has 0 aliphatic carbocycles. The van der Waals surface area contributed by atoms with Crippen molar-refractivity contribution in [3.05, 3.63) is 83.7 Å². The van der Waals surface area contributed by atoms with Crippen LogP contribution in [0, 0.1) is 6.92 Å². The molecule has 0 saturated heterocycles. The lowest BCUT2D eigenvalue weighted by atomic mass is 10.0. The van der Waals surface area contributed by atoms with Gasteiger partial charge in [-0.1, -0.05) is 36.4 Å². The second kappa shape index (κ2) is 7.00. The first-order valence-electron chi connectivity index (χ1n) is 8.91. The summed E-state index contributed by atoms with van der Waals surface area (Å²) in [5.41, 5.74) is 5.88. The van der Waals surface area contributed by atoms with E-state index in [0.717, 1.165) is 36.3 Å². The van der Waals surface area contributed by atoms with Gasteiger partial charge in [-0.3, -0.25) is 4.79 Å². The number of pyridine rings is 1. The number of hydrogen-bond acceptors (Lipinski definition) is 3. The number of aromatic nitrogens is 1. The lowest BCUT2D eigenvalue weighted by molar-refractivity contribution is 0.102. The minimum absolute atomic E-state index is 0.190. The molecule has 2 aromatic carbocycles. The van der Waals surface area contributed by atoms with Crippen molar-refractivity contribution in [1.29, 1.82) is 0 Å². The van der Waals surface area contributed by atoms with Gasteiger partial charge in [0.2, 0.25) is 0 Å². The molecule has 0 saturated carbocycles. The first kappa shape index (κ1) is 16.3. The van der Waals surface area contributed by atoms with Crippen molar-refractivity contribution in [3.8, 4) is 0 Å². The summed E-state index contributed by atoms with van der Waals surface area (Å²) >= 11 is 0. The highest BCUT2D eigenvalue weighted by molar-refractivity contribution is 6.03. The van der Waals surface area contributed by atoms with Crippen LogP contribution in [-0.2, 0) is 6.42 Å². The van der Waals surface area contributed by atoms with Crippen LogP contribution in [0.15, 0.2) is 66.9 Å². The van der Waals surface area contributed by atoms with Gasteiger partial charge in [-0.2, -0.15) is 0 Å². The second-order valence-corrected chi connectivity index (χ2v) is 6.55. The maximum atomic E-state index is 12.5. The highest BCUT2D eigenvalue weighted by atomic mass is 16.1. The minimum atomic E-state index is -0.190. The Bertz CT molecular complexity index is 934. The molecule has 0 radical (unpaired) electrons. The molecular weight excluding hydrogens is 322 g/mol. The van der Waals surface area contributed by atoms with Crippen LogP contribution in [0.3, 0.4) is 0 Å². The van der Waals surface area contributed by atoms with Gasteiger partial charge in [0.1, 0.15) is 5.69 Å². The molecule has 2 heterocycles. The van der Waals surface area contributed by atoms with E-state index in [4.69, 9.17) is 0 Å². The van der Waals surface area contributed by atoms with Gasteiger partial charge in [-0.05, 0) is 55.2 Å². The predicted molar refractivity (Wildman–Crippen MR) is 105 cm³/mol. The average Bonchev–Trinajstić information content (AvgIpc) is 2.69. The van der Waals surface area contributed by atoms with Gasteiger partial charge >= 0.3 is 0 Å². The SMILES string of the molecule is Cc1ccccc1NC(=O)c1ccc(N2CCCc3ccccc32)cn1. The Morgan fingerprint density at radius 1 is 1.04 bits per heavy atom. The standard InChI is InChI=1S/C22H21N3O/c1-16-7-2-4-10-19(16)24-22(26)20-13-12-18(15-23-20)25-14-6-9-17-8-3-5-11-21(17)25/h2-5,7-8,10-13,15H,6,9,14H2,1H3,(H,24,26). The highest BCUT2D eigenvalue weighted by Gasteiger charge is 2.18. The summed E-state index contributed by atoms with van der Waals surface area (Å²) in [7, 11) is 0. The molecule has 1 aliphatic heterocycles. The Morgan fingerprint density at radius 2 is 1.85 bits per heavy atom. The van der Waals surface area contributed by atoms with Crippen molar-refractivity contribution >= 4 is 23.0 Å². The number of carbonyl (C=O) groups excluding carboxylic acids is 1. The third kappa shape index (κ3) is 3.18. The van der Waals surface area contributed by atoms with E-state index in [2.05, 4.69) is 39.5 Å². The Balaban J connectivity index is 1.54. The van der Waals surface area contributed by atoms with E-state index >= 15 is 0 Å². The largest absolute Gasteiger partial charge is 0.340 e. The van der Waals surface area contributed by atoms with Crippen LogP contribution in [0.25, 0.3) is 0 Å². The van der Waals surface area contributed by atoms with Crippen molar-refractivity contribution in [2.75, 3.05) is 16.8 Å². The number of benzene rings is 2. The van der Waals surface area contributed by atoms with Crippen LogP contribution in [0.4, 0.5) is 17.1 Å². The van der Waals surface area contributed by atoms with E-state index in [-0.39, 0.29) is 5.91 Å². The molecule has 1 amide bonds. The van der Waals surface area contributed by atoms with Crippen molar-refractivity contribution in [3.63, 3.8) is 0 Å². The number of nitrogens with zero attached hydrogens (tertiary/aromatic N) is 2. The third-order valence-electron chi connectivity index (χ3n) is 4.80. The van der Waals surface area contributed by atoms with Gasteiger partial charge in [0, 0.05) is 17.9 Å². The van der Waals surface area contributed by atoms with E-state index < -0.39 is 0 Å². The molecule has 0 atom stereocenters. The molecule has 0 unspecified atom stereocenters. The van der Waals surface area contributed by atoms with Crippen molar-refractivity contribution in [1.82, 2.24) is 4.98 Å². The number of nitrogens with one attached hydrogen (secondary N) is 1. The van der Waals surface area contributed by atoms with Crippen molar-refractivity contribution in [2.45, 2.75) is 19.8 Å². The molecule has 4 nitrogen and oxygen atoms in total. The van der Waals surface area contributed by atoms with E-state index in [9.17, 15) is 4.79 Å². The van der Waals surface area contributed by atoms with Gasteiger partial charge in [0.25, 0.3) is 5.91 Å². The topological polar surface area (TPSA) is 45.2 Å². The lowest BCUT2D eigenvalue weighted by Gasteiger charge is -2.31. The number of fused-ring (bicyclic) bond motifs is 1. The van der Waals surface area contributed by atoms with Crippen LogP contribution in [0.5, 0.6) is 0 Å². The van der Waals surface area contributed by atoms with Crippen LogP contribution >= 0.6 is 0 Å². The van der Waals surface area contributed by atoms with Gasteiger partial charge in [0.05, 0.1) is 11.9 Å². The van der Waals surface area contributed by atoms with E-state index in [1.807, 2.05) is 37.3 Å². The van der Waals surface area contributed by atoms with Crippen LogP contribution < -0.4 is 10.2 Å². The molecule has 26 heavy (non-hydrogen) atoms. The van der Waals surface area contributed by atoms with Gasteiger partial charge in [-0.25, -0.2) is 4.98 Å². The molecule has 0 bridgehead atoms. The van der Waals surface area contributed by atoms with E-state index in [1.165, 1.54) is 11.3 Å². The fraction of sp³-hybridized carbons (Fsp3) is 0.182. The van der Waals surface area contributed by atoms with Crippen LogP contribution in [0.1, 0.15) is 28.0 Å². The summed E-state index contributed by atoms with van der Waals surface area (Å²) in [6.07, 6.45) is 4.01. The number of hydrogen-bond donors (Lipinski definition) is 1. The molecule has 1 aliphatic rings. The highest BCUT2D eigenvalue weighted by Crippen LogP contribution is 2.32. The molecule has 1 aromatic heterocycles. The molecule has 4 heteroatoms. The van der Waals surface area contributed by atoms with Crippen molar-refractivity contribution in [2.24, 2.45) is 0 Å². The maximum Gasteiger partial charge on any atom is 0.274 e. The number of carbonyl (C=O) groups is 1. The summed E-state index contributed by atoms with van der Waals surface area (Å²) in [6.45, 7) is 2.94. The fourth-order valence-corrected chi connectivity index (χ4v) is 3.38. The number of amides is 1. The Labute approximate surface area is 153 Å². The maximum absolute atomic E-state index is 12.5. The normalized spacial score (nSPS) is 13.2. The van der Waals surface area contributed by atoms with Crippen LogP contribution in [-0.4, -0.2) is 17.4 Å². The lowest BCUT2D eigenvalue weighted by Crippen LogP contribution is -2.24. The smallest absolute Gasteiger partial charge is 0.274 e. The van der Waals surface area contributed by atoms with E-state index in [1.54, 1.807) is 12.3 Å². The van der Waals surface area contributed by atoms with Crippen LogP contribution in [0.2, 0.25) is 0 Å². The van der Waals surface area contributed by atoms with Crippen molar-refractivity contribution < 1.29 is 4.79 Å². The predicted octanol–water partition coefficient (Wildman–Crippen LogP) is 4.73. The van der Waals surface area contributed by atoms with Gasteiger partial charge in [0.15, 0.2) is 0 Å². The monoisotopic (exact) mass is 343 g/mol. The zero-order valence-corrected chi connectivity index (χ0v) is 14.8. The quantitative estimate of drug-likeness (QED) is 0.748. The summed E-state index contributed by atoms with van der Waals surface area (Å²) in [6, 6.07) is 20.0. The summed E-state index contributed by atoms with van der Waals surface area (Å²) in [5, 5.41) is 2.93. The summed E-state index contributed by atoms with van der Waals surface area (Å²) < 4.78 is 0. The fourth-order valence-electron chi connectivity index (χ4n) is 3.38. The Hall–Kier alpha value is -3.14. The number of para-hydroxylation sites is 2. The molecule has 0 fully saturated rings. The Kier molecular flexibility index (Phi) is 4.40. The third-order valence-corrected chi connectivity index (χ3v) is 4.80. The Morgan fingerprint density at radius 3 is 2.65 bits per heavy atom. The first-order chi connectivity index (χ1) is 12.7. The molecule has 4 rings (SSSR count). The summed E-state index contributed by atoms with van der Waals surface area (Å²) in [5.74, 6) is -0.190. The van der Waals surface area contributed by atoms with Gasteiger partial charge < -0.3 is 10.2 Å². The number of rotatable bonds is 3. The molecular formula is C22H21N3O. The minimum Gasteiger partial charge on any atom is -0.340 e.